The van der Waals surface area contributed by atoms with E-state index in [1.54, 1.807) is 0 Å². The number of ether oxygens (including phenoxy) is 1. The third-order valence-corrected chi connectivity index (χ3v) is 4.32. The van der Waals surface area contributed by atoms with E-state index in [4.69, 9.17) is 16.3 Å². The summed E-state index contributed by atoms with van der Waals surface area (Å²) >= 11 is 6.04. The quantitative estimate of drug-likeness (QED) is 0.758. The Hall–Kier alpha value is -1.47. The van der Waals surface area contributed by atoms with E-state index in [2.05, 4.69) is 31.2 Å². The van der Waals surface area contributed by atoms with E-state index in [1.165, 1.54) is 30.4 Å². The maximum atomic E-state index is 6.04. The molecule has 2 aromatic carbocycles. The van der Waals surface area contributed by atoms with Crippen LogP contribution in [0.3, 0.4) is 0 Å². The molecule has 3 rings (SSSR count). The van der Waals surface area contributed by atoms with Gasteiger partial charge in [0.15, 0.2) is 0 Å². The van der Waals surface area contributed by atoms with Crippen LogP contribution in [0, 0.1) is 6.92 Å². The van der Waals surface area contributed by atoms with E-state index < -0.39 is 0 Å². The summed E-state index contributed by atoms with van der Waals surface area (Å²) in [5.41, 5.74) is 4.08. The number of hydrogen-bond acceptors (Lipinski definition) is 1. The van der Waals surface area contributed by atoms with Gasteiger partial charge in [0.1, 0.15) is 5.75 Å². The van der Waals surface area contributed by atoms with Crippen molar-refractivity contribution in [3.8, 4) is 5.75 Å². The van der Waals surface area contributed by atoms with Crippen LogP contribution in [0.4, 0.5) is 0 Å². The molecule has 2 aromatic rings. The molecule has 0 saturated carbocycles. The molecule has 2 heteroatoms. The third-order valence-electron chi connectivity index (χ3n) is 4.08. The summed E-state index contributed by atoms with van der Waals surface area (Å²) in [4.78, 5) is 0. The highest BCUT2D eigenvalue weighted by Gasteiger charge is 2.20. The van der Waals surface area contributed by atoms with E-state index in [0.717, 1.165) is 22.9 Å². The summed E-state index contributed by atoms with van der Waals surface area (Å²) in [6.45, 7) is 2.79. The Labute approximate surface area is 125 Å². The Balaban J connectivity index is 1.75. The van der Waals surface area contributed by atoms with Gasteiger partial charge in [-0.1, -0.05) is 41.9 Å². The van der Waals surface area contributed by atoms with Crippen molar-refractivity contribution >= 4 is 11.6 Å². The summed E-state index contributed by atoms with van der Waals surface area (Å²) in [6, 6.07) is 14.6. The van der Waals surface area contributed by atoms with Crippen LogP contribution in [0.5, 0.6) is 5.75 Å². The molecule has 1 atom stereocenters. The number of rotatable bonds is 3. The first kappa shape index (κ1) is 13.5. The Morgan fingerprint density at radius 1 is 1.20 bits per heavy atom. The lowest BCUT2D eigenvalue weighted by Crippen LogP contribution is -2.16. The monoisotopic (exact) mass is 286 g/mol. The van der Waals surface area contributed by atoms with Crippen LogP contribution in [0.25, 0.3) is 0 Å². The fourth-order valence-corrected chi connectivity index (χ4v) is 3.11. The van der Waals surface area contributed by atoms with Gasteiger partial charge in [-0.2, -0.15) is 0 Å². The average Bonchev–Trinajstić information content (AvgIpc) is 2.48. The smallest absolute Gasteiger partial charge is 0.123 e. The molecule has 0 spiro atoms. The molecule has 0 N–H and O–H groups in total. The van der Waals surface area contributed by atoms with Crippen LogP contribution in [0.15, 0.2) is 42.5 Å². The van der Waals surface area contributed by atoms with Crippen molar-refractivity contribution in [2.45, 2.75) is 32.1 Å². The molecular formula is C18H19ClO. The van der Waals surface area contributed by atoms with Gasteiger partial charge in [-0.05, 0) is 55.0 Å². The standard InChI is InChI=1S/C18H19ClO/c1-13-9-10-16(19)11-18(13)20-12-15-7-4-6-14-5-2-3-8-17(14)15/h2-3,5,8-11,15H,4,6-7,12H2,1H3. The maximum absolute atomic E-state index is 6.04. The zero-order valence-electron chi connectivity index (χ0n) is 11.7. The van der Waals surface area contributed by atoms with Gasteiger partial charge in [0.25, 0.3) is 0 Å². The van der Waals surface area contributed by atoms with Crippen LogP contribution in [0.1, 0.15) is 35.4 Å². The highest BCUT2D eigenvalue weighted by Crippen LogP contribution is 2.32. The number of halogens is 1. The van der Waals surface area contributed by atoms with Crippen molar-refractivity contribution in [3.05, 3.63) is 64.2 Å². The van der Waals surface area contributed by atoms with Gasteiger partial charge in [-0.15, -0.1) is 0 Å². The Kier molecular flexibility index (Phi) is 3.98. The Morgan fingerprint density at radius 3 is 2.95 bits per heavy atom. The van der Waals surface area contributed by atoms with Crippen molar-refractivity contribution in [3.63, 3.8) is 0 Å². The van der Waals surface area contributed by atoms with Crippen LogP contribution in [-0.2, 0) is 6.42 Å². The average molecular weight is 287 g/mol. The van der Waals surface area contributed by atoms with Crippen molar-refractivity contribution in [1.82, 2.24) is 0 Å². The number of aryl methyl sites for hydroxylation is 2. The summed E-state index contributed by atoms with van der Waals surface area (Å²) < 4.78 is 6.03. The number of fused-ring (bicyclic) bond motifs is 1. The van der Waals surface area contributed by atoms with Gasteiger partial charge >= 0.3 is 0 Å². The lowest BCUT2D eigenvalue weighted by Gasteiger charge is -2.25. The Bertz CT molecular complexity index is 606. The summed E-state index contributed by atoms with van der Waals surface area (Å²) in [5, 5.41) is 0.731. The minimum absolute atomic E-state index is 0.498. The van der Waals surface area contributed by atoms with E-state index in [9.17, 15) is 0 Å². The lowest BCUT2D eigenvalue weighted by molar-refractivity contribution is 0.273. The summed E-state index contributed by atoms with van der Waals surface area (Å²) in [6.07, 6.45) is 3.65. The largest absolute Gasteiger partial charge is 0.493 e. The van der Waals surface area contributed by atoms with Crippen molar-refractivity contribution in [1.29, 1.82) is 0 Å². The molecule has 0 fully saturated rings. The highest BCUT2D eigenvalue weighted by molar-refractivity contribution is 6.30. The van der Waals surface area contributed by atoms with Gasteiger partial charge in [-0.3, -0.25) is 0 Å². The second-order valence-electron chi connectivity index (χ2n) is 5.51. The molecule has 0 saturated heterocycles. The normalized spacial score (nSPS) is 17.6. The van der Waals surface area contributed by atoms with Crippen LogP contribution >= 0.6 is 11.6 Å². The maximum Gasteiger partial charge on any atom is 0.123 e. The number of benzene rings is 2. The lowest BCUT2D eigenvalue weighted by atomic mass is 9.83. The highest BCUT2D eigenvalue weighted by atomic mass is 35.5. The van der Waals surface area contributed by atoms with Gasteiger partial charge < -0.3 is 4.74 Å². The van der Waals surface area contributed by atoms with Gasteiger partial charge in [-0.25, -0.2) is 0 Å². The van der Waals surface area contributed by atoms with Crippen molar-refractivity contribution < 1.29 is 4.74 Å². The summed E-state index contributed by atoms with van der Waals surface area (Å²) in [5.74, 6) is 1.40. The first-order chi connectivity index (χ1) is 9.74. The first-order valence-electron chi connectivity index (χ1n) is 7.21. The predicted octanol–water partition coefficient (Wildman–Crippen LogP) is 5.15. The van der Waals surface area contributed by atoms with E-state index in [0.29, 0.717) is 5.92 Å². The molecule has 1 nitrogen and oxygen atoms in total. The van der Waals surface area contributed by atoms with E-state index in [-0.39, 0.29) is 0 Å². The molecule has 104 valence electrons. The van der Waals surface area contributed by atoms with Crippen LogP contribution < -0.4 is 4.74 Å². The van der Waals surface area contributed by atoms with Crippen LogP contribution in [-0.4, -0.2) is 6.61 Å². The zero-order valence-corrected chi connectivity index (χ0v) is 12.5. The fourth-order valence-electron chi connectivity index (χ4n) is 2.95. The topological polar surface area (TPSA) is 9.23 Å². The molecule has 0 heterocycles. The molecule has 1 unspecified atom stereocenters. The fraction of sp³-hybridized carbons (Fsp3) is 0.333. The van der Waals surface area contributed by atoms with Gasteiger partial charge in [0.2, 0.25) is 0 Å². The minimum atomic E-state index is 0.498. The number of hydrogen-bond donors (Lipinski definition) is 0. The van der Waals surface area contributed by atoms with Gasteiger partial charge in [0, 0.05) is 10.9 Å². The first-order valence-corrected chi connectivity index (χ1v) is 7.58. The molecule has 0 radical (unpaired) electrons. The molecular weight excluding hydrogens is 268 g/mol. The molecule has 0 bridgehead atoms. The SMILES string of the molecule is Cc1ccc(Cl)cc1OCC1CCCc2ccccc21. The van der Waals surface area contributed by atoms with Crippen molar-refractivity contribution in [2.75, 3.05) is 6.61 Å². The molecule has 0 aliphatic heterocycles. The molecule has 1 aliphatic carbocycles. The summed E-state index contributed by atoms with van der Waals surface area (Å²) in [7, 11) is 0. The molecule has 0 aromatic heterocycles. The van der Waals surface area contributed by atoms with Crippen LogP contribution in [0.2, 0.25) is 5.02 Å². The second-order valence-corrected chi connectivity index (χ2v) is 5.95. The predicted molar refractivity (Wildman–Crippen MR) is 83.8 cm³/mol. The second kappa shape index (κ2) is 5.88. The van der Waals surface area contributed by atoms with Crippen molar-refractivity contribution in [2.24, 2.45) is 0 Å². The van der Waals surface area contributed by atoms with Gasteiger partial charge in [0.05, 0.1) is 6.61 Å². The third kappa shape index (κ3) is 2.83. The Morgan fingerprint density at radius 2 is 2.05 bits per heavy atom. The molecule has 1 aliphatic rings. The molecule has 0 amide bonds. The van der Waals surface area contributed by atoms with E-state index in [1.807, 2.05) is 18.2 Å². The van der Waals surface area contributed by atoms with E-state index >= 15 is 0 Å². The molecule has 20 heavy (non-hydrogen) atoms. The zero-order chi connectivity index (χ0) is 13.9. The minimum Gasteiger partial charge on any atom is -0.493 e.